The Morgan fingerprint density at radius 2 is 1.16 bits per heavy atom. The van der Waals surface area contributed by atoms with E-state index in [1.807, 2.05) is 0 Å². The van der Waals surface area contributed by atoms with Gasteiger partial charge < -0.3 is 41.8 Å². The van der Waals surface area contributed by atoms with E-state index < -0.39 is 0 Å². The van der Waals surface area contributed by atoms with Crippen LogP contribution in [0.1, 0.15) is 64.2 Å². The molecular formula is C36H46Cl2N8O4. The van der Waals surface area contributed by atoms with Crippen molar-refractivity contribution >= 4 is 46.7 Å². The number of aliphatic hydroxyl groups excluding tert-OH is 2. The van der Waals surface area contributed by atoms with Crippen LogP contribution < -0.4 is 31.6 Å². The third-order valence-electron chi connectivity index (χ3n) is 9.09. The molecule has 0 aliphatic heterocycles. The molecule has 2 aromatic carbocycles. The van der Waals surface area contributed by atoms with Gasteiger partial charge in [-0.05, 0) is 112 Å². The maximum Gasteiger partial charge on any atom is 0.222 e. The molecule has 0 spiro atoms. The largest absolute Gasteiger partial charge is 0.452 e. The van der Waals surface area contributed by atoms with E-state index in [4.69, 9.17) is 49.2 Å². The van der Waals surface area contributed by atoms with E-state index >= 15 is 0 Å². The molecule has 268 valence electrons. The quantitative estimate of drug-likeness (QED) is 0.0837. The number of aromatic nitrogens is 4. The summed E-state index contributed by atoms with van der Waals surface area (Å²) in [6.45, 7) is 0.465. The van der Waals surface area contributed by atoms with Crippen molar-refractivity contribution in [3.8, 4) is 23.0 Å². The van der Waals surface area contributed by atoms with Gasteiger partial charge in [-0.3, -0.25) is 0 Å². The number of nitrogen functional groups attached to an aromatic ring is 2. The maximum atomic E-state index is 9.31. The lowest BCUT2D eigenvalue weighted by atomic mass is 9.82. The SMILES string of the molecule is Nc1ncc(Oc2ccc(Cl)cc2)c(NC2CCC(CCO)CC2)n1.Nc1ncc(Oc2ccc(Cl)cc2)c(N[C@@H]2CCCC[C@H]2CCO)n1. The smallest absolute Gasteiger partial charge is 0.222 e. The molecule has 4 aromatic rings. The first-order valence-corrected chi connectivity index (χ1v) is 17.9. The first-order valence-electron chi connectivity index (χ1n) is 17.2. The number of hydrogen-bond donors (Lipinski definition) is 6. The molecule has 8 N–H and O–H groups in total. The van der Waals surface area contributed by atoms with Crippen LogP contribution in [0.25, 0.3) is 0 Å². The van der Waals surface area contributed by atoms with E-state index in [0.29, 0.717) is 62.6 Å². The highest BCUT2D eigenvalue weighted by molar-refractivity contribution is 6.30. The second kappa shape index (κ2) is 18.8. The minimum atomic E-state index is 0.195. The molecule has 2 aliphatic carbocycles. The Morgan fingerprint density at radius 3 is 1.68 bits per heavy atom. The van der Waals surface area contributed by atoms with Crippen molar-refractivity contribution in [1.82, 2.24) is 19.9 Å². The number of nitrogens with one attached hydrogen (secondary N) is 2. The van der Waals surface area contributed by atoms with Crippen molar-refractivity contribution in [3.63, 3.8) is 0 Å². The molecule has 0 bridgehead atoms. The van der Waals surface area contributed by atoms with Gasteiger partial charge in [0.05, 0.1) is 12.4 Å². The lowest BCUT2D eigenvalue weighted by molar-refractivity contribution is 0.219. The fourth-order valence-electron chi connectivity index (χ4n) is 6.44. The fraction of sp³-hybridized carbons (Fsp3) is 0.444. The zero-order valence-electron chi connectivity index (χ0n) is 28.0. The van der Waals surface area contributed by atoms with Gasteiger partial charge in [0.2, 0.25) is 11.9 Å². The number of hydrogen-bond acceptors (Lipinski definition) is 12. The van der Waals surface area contributed by atoms with Gasteiger partial charge in [0.25, 0.3) is 0 Å². The van der Waals surface area contributed by atoms with E-state index in [9.17, 15) is 5.11 Å². The molecule has 2 fully saturated rings. The summed E-state index contributed by atoms with van der Waals surface area (Å²) in [5.41, 5.74) is 11.5. The van der Waals surface area contributed by atoms with Crippen LogP contribution in [-0.4, -0.2) is 55.4 Å². The van der Waals surface area contributed by atoms with Gasteiger partial charge in [0.1, 0.15) is 11.5 Å². The molecule has 2 aliphatic rings. The zero-order chi connectivity index (χ0) is 35.3. The van der Waals surface area contributed by atoms with Crippen molar-refractivity contribution in [2.24, 2.45) is 11.8 Å². The Hall–Kier alpha value is -4.10. The van der Waals surface area contributed by atoms with Crippen LogP contribution in [0.2, 0.25) is 10.0 Å². The molecule has 12 nitrogen and oxygen atoms in total. The van der Waals surface area contributed by atoms with Gasteiger partial charge in [0, 0.05) is 35.3 Å². The summed E-state index contributed by atoms with van der Waals surface area (Å²) in [5.74, 6) is 4.98. The number of nitrogens with zero attached hydrogens (tertiary/aromatic N) is 4. The normalized spacial score (nSPS) is 20.2. The standard InChI is InChI=1S/2C18H23ClN4O2/c19-13-3-7-15(8-4-13)25-16-11-21-18(20)23-17(16)22-14-5-1-12(2-6-14)9-10-24;19-13-5-7-14(8-6-13)25-16-11-21-18(20)23-17(16)22-15-4-2-1-3-12(15)9-10-24/h3-4,7-8,11-12,14,24H,1-2,5-6,9-10H2,(H3,20,21,22,23);5-8,11-12,15,24H,1-4,9-10H2,(H3,20,21,22,23)/t;12-,15+/m.0/s1. The minimum Gasteiger partial charge on any atom is -0.452 e. The summed E-state index contributed by atoms with van der Waals surface area (Å²) in [6.07, 6.45) is 13.6. The summed E-state index contributed by atoms with van der Waals surface area (Å²) in [4.78, 5) is 16.7. The average molecular weight is 726 g/mol. The number of halogens is 2. The molecule has 2 atom stereocenters. The molecule has 14 heteroatoms. The molecule has 50 heavy (non-hydrogen) atoms. The highest BCUT2D eigenvalue weighted by Gasteiger charge is 2.26. The molecule has 0 unspecified atom stereocenters. The van der Waals surface area contributed by atoms with Crippen molar-refractivity contribution in [1.29, 1.82) is 0 Å². The zero-order valence-corrected chi connectivity index (χ0v) is 29.5. The third-order valence-corrected chi connectivity index (χ3v) is 9.59. The van der Waals surface area contributed by atoms with Crippen molar-refractivity contribution in [2.45, 2.75) is 76.3 Å². The van der Waals surface area contributed by atoms with Crippen LogP contribution in [0, 0.1) is 11.8 Å². The monoisotopic (exact) mass is 724 g/mol. The maximum absolute atomic E-state index is 9.31. The molecule has 0 saturated heterocycles. The topological polar surface area (TPSA) is 187 Å². The Morgan fingerprint density at radius 1 is 0.660 bits per heavy atom. The van der Waals surface area contributed by atoms with Crippen molar-refractivity contribution < 1.29 is 19.7 Å². The van der Waals surface area contributed by atoms with E-state index in [-0.39, 0.29) is 31.2 Å². The number of nitrogens with two attached hydrogens (primary N) is 2. The second-order valence-electron chi connectivity index (χ2n) is 12.7. The van der Waals surface area contributed by atoms with Crippen molar-refractivity contribution in [3.05, 3.63) is 71.0 Å². The predicted octanol–water partition coefficient (Wildman–Crippen LogP) is 7.72. The fourth-order valence-corrected chi connectivity index (χ4v) is 6.69. The Kier molecular flexibility index (Phi) is 13.9. The molecule has 2 saturated carbocycles. The predicted molar refractivity (Wildman–Crippen MR) is 198 cm³/mol. The first-order chi connectivity index (χ1) is 24.3. The summed E-state index contributed by atoms with van der Waals surface area (Å²) in [7, 11) is 0. The lowest BCUT2D eigenvalue weighted by Gasteiger charge is -2.32. The van der Waals surface area contributed by atoms with E-state index in [0.717, 1.165) is 57.8 Å². The number of benzene rings is 2. The Balaban J connectivity index is 0.000000194. The summed E-state index contributed by atoms with van der Waals surface area (Å²) in [6, 6.07) is 14.8. The summed E-state index contributed by atoms with van der Waals surface area (Å²) < 4.78 is 11.8. The number of ether oxygens (including phenoxy) is 2. The number of aliphatic hydroxyl groups is 2. The highest BCUT2D eigenvalue weighted by atomic mass is 35.5. The van der Waals surface area contributed by atoms with E-state index in [2.05, 4.69) is 30.6 Å². The second-order valence-corrected chi connectivity index (χ2v) is 13.5. The van der Waals surface area contributed by atoms with Crippen molar-refractivity contribution in [2.75, 3.05) is 35.3 Å². The third kappa shape index (κ3) is 11.2. The molecule has 2 heterocycles. The van der Waals surface area contributed by atoms with Crippen LogP contribution >= 0.6 is 23.2 Å². The van der Waals surface area contributed by atoms with Gasteiger partial charge in [0.15, 0.2) is 23.1 Å². The van der Waals surface area contributed by atoms with Crippen LogP contribution in [-0.2, 0) is 0 Å². The van der Waals surface area contributed by atoms with Crippen LogP contribution in [0.3, 0.4) is 0 Å². The first kappa shape index (κ1) is 37.2. The minimum absolute atomic E-state index is 0.195. The molecular weight excluding hydrogens is 679 g/mol. The van der Waals surface area contributed by atoms with Gasteiger partial charge in [-0.1, -0.05) is 36.0 Å². The number of anilines is 4. The van der Waals surface area contributed by atoms with Crippen LogP contribution in [0.5, 0.6) is 23.0 Å². The number of rotatable bonds is 12. The van der Waals surface area contributed by atoms with Crippen LogP contribution in [0.4, 0.5) is 23.5 Å². The van der Waals surface area contributed by atoms with Gasteiger partial charge in [-0.15, -0.1) is 0 Å². The van der Waals surface area contributed by atoms with Gasteiger partial charge in [-0.25, -0.2) is 9.97 Å². The summed E-state index contributed by atoms with van der Waals surface area (Å²) in [5, 5.41) is 26.6. The molecule has 6 rings (SSSR count). The van der Waals surface area contributed by atoms with Gasteiger partial charge >= 0.3 is 0 Å². The molecule has 0 amide bonds. The average Bonchev–Trinajstić information content (AvgIpc) is 3.11. The van der Waals surface area contributed by atoms with Gasteiger partial charge in [-0.2, -0.15) is 9.97 Å². The summed E-state index contributed by atoms with van der Waals surface area (Å²) >= 11 is 11.8. The van der Waals surface area contributed by atoms with Crippen LogP contribution in [0.15, 0.2) is 60.9 Å². The lowest BCUT2D eigenvalue weighted by Crippen LogP contribution is -2.33. The highest BCUT2D eigenvalue weighted by Crippen LogP contribution is 2.35. The molecule has 0 radical (unpaired) electrons. The molecule has 2 aromatic heterocycles. The van der Waals surface area contributed by atoms with E-state index in [1.165, 1.54) is 6.42 Å². The Labute approximate surface area is 303 Å². The van der Waals surface area contributed by atoms with E-state index in [1.54, 1.807) is 60.9 Å². The Bertz CT molecular complexity index is 1620.